The molecule has 0 fully saturated rings. The Morgan fingerprint density at radius 1 is 1.50 bits per heavy atom. The minimum atomic E-state index is -0.951. The van der Waals surface area contributed by atoms with E-state index in [0.29, 0.717) is 0 Å². The minimum Gasteiger partial charge on any atom is -0.394 e. The van der Waals surface area contributed by atoms with Crippen LogP contribution >= 0.6 is 11.8 Å². The van der Waals surface area contributed by atoms with E-state index in [1.165, 1.54) is 12.1 Å². The van der Waals surface area contributed by atoms with Crippen LogP contribution in [0.2, 0.25) is 0 Å². The first kappa shape index (κ1) is 17.9. The fourth-order valence-electron chi connectivity index (χ4n) is 1.81. The number of H-pyrrole nitrogens is 1. The number of halogens is 2. The monoisotopic (exact) mass is 352 g/mol. The van der Waals surface area contributed by atoms with Crippen molar-refractivity contribution in [3.05, 3.63) is 51.3 Å². The van der Waals surface area contributed by atoms with Crippen molar-refractivity contribution >= 4 is 17.6 Å². The number of aromatic amines is 1. The summed E-state index contributed by atoms with van der Waals surface area (Å²) in [5, 5.41) is 21.0. The Morgan fingerprint density at radius 3 is 2.92 bits per heavy atom. The summed E-state index contributed by atoms with van der Waals surface area (Å²) in [5.74, 6) is -1.82. The first-order valence-electron chi connectivity index (χ1n) is 6.93. The van der Waals surface area contributed by atoms with Crippen LogP contribution in [0.4, 0.5) is 14.6 Å². The van der Waals surface area contributed by atoms with Crippen LogP contribution in [-0.2, 0) is 5.75 Å². The van der Waals surface area contributed by atoms with Gasteiger partial charge in [0, 0.05) is 17.4 Å². The fourth-order valence-corrected chi connectivity index (χ4v) is 2.65. The van der Waals surface area contributed by atoms with E-state index >= 15 is 0 Å². The first-order valence-corrected chi connectivity index (χ1v) is 7.92. The molecule has 0 aliphatic carbocycles. The molecule has 2 aromatic rings. The normalized spacial score (nSPS) is 11.8. The summed E-state index contributed by atoms with van der Waals surface area (Å²) in [6.45, 7) is 1.44. The lowest BCUT2D eigenvalue weighted by molar-refractivity contribution is 0.281. The molecule has 0 saturated heterocycles. The van der Waals surface area contributed by atoms with Crippen molar-refractivity contribution in [1.29, 1.82) is 5.26 Å². The zero-order chi connectivity index (χ0) is 17.7. The minimum absolute atomic E-state index is 0.0324. The number of rotatable bonds is 6. The van der Waals surface area contributed by atoms with Gasteiger partial charge in [0.15, 0.2) is 28.2 Å². The topological polar surface area (TPSA) is 102 Å². The molecule has 0 unspecified atom stereocenters. The molecule has 1 heterocycles. The number of benzene rings is 1. The highest BCUT2D eigenvalue weighted by Crippen LogP contribution is 2.23. The zero-order valence-electron chi connectivity index (χ0n) is 12.6. The number of aromatic nitrogens is 2. The van der Waals surface area contributed by atoms with E-state index in [4.69, 9.17) is 10.4 Å². The molecule has 1 aromatic carbocycles. The first-order chi connectivity index (χ1) is 11.5. The fraction of sp³-hybridized carbons (Fsp3) is 0.267. The van der Waals surface area contributed by atoms with E-state index in [0.717, 1.165) is 17.8 Å². The van der Waals surface area contributed by atoms with E-state index in [2.05, 4.69) is 15.3 Å². The maximum absolute atomic E-state index is 13.6. The van der Waals surface area contributed by atoms with Gasteiger partial charge in [0.1, 0.15) is 6.07 Å². The number of aliphatic hydroxyl groups is 1. The summed E-state index contributed by atoms with van der Waals surface area (Å²) in [7, 11) is 0. The number of nitrogens with one attached hydrogen (secondary N) is 2. The van der Waals surface area contributed by atoms with E-state index in [9.17, 15) is 13.6 Å². The third-order valence-corrected chi connectivity index (χ3v) is 3.98. The Hall–Kier alpha value is -2.44. The second-order valence-electron chi connectivity index (χ2n) is 4.94. The maximum atomic E-state index is 13.6. The Morgan fingerprint density at radius 2 is 2.25 bits per heavy atom. The van der Waals surface area contributed by atoms with Crippen molar-refractivity contribution in [1.82, 2.24) is 9.97 Å². The number of aliphatic hydroxyl groups excluding tert-OH is 1. The van der Waals surface area contributed by atoms with Crippen LogP contribution in [0.1, 0.15) is 18.1 Å². The summed E-state index contributed by atoms with van der Waals surface area (Å²) in [5.41, 5.74) is -0.732. The molecule has 0 radical (unpaired) electrons. The van der Waals surface area contributed by atoms with Crippen molar-refractivity contribution in [3.63, 3.8) is 0 Å². The summed E-state index contributed by atoms with van der Waals surface area (Å²) in [6.07, 6.45) is 0. The van der Waals surface area contributed by atoms with Crippen molar-refractivity contribution in [2.45, 2.75) is 23.9 Å². The second-order valence-corrected chi connectivity index (χ2v) is 5.90. The summed E-state index contributed by atoms with van der Waals surface area (Å²) in [6, 6.07) is 5.17. The summed E-state index contributed by atoms with van der Waals surface area (Å²) in [4.78, 5) is 18.4. The lowest BCUT2D eigenvalue weighted by atomic mass is 10.2. The van der Waals surface area contributed by atoms with Gasteiger partial charge in [-0.25, -0.2) is 13.8 Å². The van der Waals surface area contributed by atoms with E-state index in [-0.39, 0.29) is 34.5 Å². The highest BCUT2D eigenvalue weighted by atomic mass is 32.2. The van der Waals surface area contributed by atoms with Gasteiger partial charge < -0.3 is 15.4 Å². The Labute approximate surface area is 140 Å². The van der Waals surface area contributed by atoms with E-state index in [1.54, 1.807) is 13.0 Å². The van der Waals surface area contributed by atoms with Crippen LogP contribution in [0.3, 0.4) is 0 Å². The van der Waals surface area contributed by atoms with Gasteiger partial charge in [0.25, 0.3) is 5.56 Å². The number of hydrogen-bond donors (Lipinski definition) is 3. The third kappa shape index (κ3) is 4.10. The van der Waals surface area contributed by atoms with Gasteiger partial charge in [-0.2, -0.15) is 5.26 Å². The molecule has 1 aromatic heterocycles. The molecule has 9 heteroatoms. The van der Waals surface area contributed by atoms with Crippen molar-refractivity contribution in [2.75, 3.05) is 11.9 Å². The van der Waals surface area contributed by atoms with Crippen molar-refractivity contribution in [3.8, 4) is 6.07 Å². The Balaban J connectivity index is 2.26. The molecule has 126 valence electrons. The van der Waals surface area contributed by atoms with Gasteiger partial charge in [-0.1, -0.05) is 23.9 Å². The van der Waals surface area contributed by atoms with Crippen LogP contribution in [-0.4, -0.2) is 27.7 Å². The quantitative estimate of drug-likeness (QED) is 0.543. The number of nitrogens with zero attached hydrogens (tertiary/aromatic N) is 2. The van der Waals surface area contributed by atoms with Crippen LogP contribution < -0.4 is 10.9 Å². The van der Waals surface area contributed by atoms with Gasteiger partial charge in [-0.3, -0.25) is 4.79 Å². The third-order valence-electron chi connectivity index (χ3n) is 3.06. The van der Waals surface area contributed by atoms with Crippen LogP contribution in [0.5, 0.6) is 0 Å². The highest BCUT2D eigenvalue weighted by molar-refractivity contribution is 7.98. The molecule has 0 spiro atoms. The summed E-state index contributed by atoms with van der Waals surface area (Å²) >= 11 is 0.993. The van der Waals surface area contributed by atoms with Gasteiger partial charge in [-0.15, -0.1) is 0 Å². The molecule has 2 rings (SSSR count). The van der Waals surface area contributed by atoms with E-state index < -0.39 is 23.2 Å². The highest BCUT2D eigenvalue weighted by Gasteiger charge is 2.14. The largest absolute Gasteiger partial charge is 0.394 e. The number of anilines is 1. The average Bonchev–Trinajstić information content (AvgIpc) is 2.56. The van der Waals surface area contributed by atoms with Crippen LogP contribution in [0.25, 0.3) is 0 Å². The molecule has 0 bridgehead atoms. The molecule has 3 N–H and O–H groups in total. The van der Waals surface area contributed by atoms with Gasteiger partial charge in [0.2, 0.25) is 0 Å². The van der Waals surface area contributed by atoms with Crippen LogP contribution in [0, 0.1) is 23.0 Å². The molecule has 24 heavy (non-hydrogen) atoms. The lowest BCUT2D eigenvalue weighted by Gasteiger charge is -2.13. The average molecular weight is 352 g/mol. The smallest absolute Gasteiger partial charge is 0.271 e. The molecule has 0 saturated carbocycles. The predicted molar refractivity (Wildman–Crippen MR) is 85.7 cm³/mol. The number of hydrogen-bond acceptors (Lipinski definition) is 6. The van der Waals surface area contributed by atoms with E-state index in [1.807, 2.05) is 0 Å². The van der Waals surface area contributed by atoms with Gasteiger partial charge in [0.05, 0.1) is 6.61 Å². The summed E-state index contributed by atoms with van der Waals surface area (Å²) < 4.78 is 26.8. The molecule has 0 aliphatic heterocycles. The molecule has 1 atom stereocenters. The van der Waals surface area contributed by atoms with Crippen LogP contribution in [0.15, 0.2) is 28.2 Å². The molecular formula is C15H14F2N4O2S. The van der Waals surface area contributed by atoms with Gasteiger partial charge >= 0.3 is 0 Å². The number of thioether (sulfide) groups is 1. The molecule has 6 nitrogen and oxygen atoms in total. The Bertz CT molecular complexity index is 835. The second kappa shape index (κ2) is 7.90. The SMILES string of the molecule is C[C@@H](CO)Nc1nc(SCc2cccc(F)c2F)[nH]c(=O)c1C#N. The molecular weight excluding hydrogens is 338 g/mol. The van der Waals surface area contributed by atoms with Crippen molar-refractivity contribution in [2.24, 2.45) is 0 Å². The molecule has 0 amide bonds. The lowest BCUT2D eigenvalue weighted by Crippen LogP contribution is -2.24. The standard InChI is InChI=1S/C15H14F2N4O2S/c1-8(6-22)19-13-10(5-18)14(23)21-15(20-13)24-7-9-3-2-4-11(16)12(9)17/h2-4,8,22H,6-7H2,1H3,(H2,19,20,21,23)/t8-/m0/s1. The molecule has 0 aliphatic rings. The predicted octanol–water partition coefficient (Wildman–Crippen LogP) is 2.00. The number of nitriles is 1. The zero-order valence-corrected chi connectivity index (χ0v) is 13.5. The Kier molecular flexibility index (Phi) is 5.89. The van der Waals surface area contributed by atoms with Gasteiger partial charge in [-0.05, 0) is 13.0 Å². The van der Waals surface area contributed by atoms with Crippen molar-refractivity contribution < 1.29 is 13.9 Å². The maximum Gasteiger partial charge on any atom is 0.271 e.